The van der Waals surface area contributed by atoms with Gasteiger partial charge in [-0.2, -0.15) is 10.4 Å². The molecule has 0 aliphatic rings. The third-order valence-electron chi connectivity index (χ3n) is 4.87. The maximum Gasteiger partial charge on any atom is 0.267 e. The summed E-state index contributed by atoms with van der Waals surface area (Å²) in [5, 5.41) is 22.5. The van der Waals surface area contributed by atoms with Gasteiger partial charge in [-0.1, -0.05) is 30.3 Å². The molecule has 2 aromatic heterocycles. The van der Waals surface area contributed by atoms with Crippen molar-refractivity contribution in [2.45, 2.75) is 13.0 Å². The SMILES string of the molecule is N#Cc1cccc(-c2ccc(=O)n(Cc3cccc(-c4ncc(OCCCO)cn4)c3)n2)c1. The Morgan fingerprint density at radius 2 is 1.79 bits per heavy atom. The minimum Gasteiger partial charge on any atom is -0.490 e. The Labute approximate surface area is 190 Å². The summed E-state index contributed by atoms with van der Waals surface area (Å²) in [5.41, 5.74) is 3.37. The molecule has 4 aromatic rings. The number of benzene rings is 2. The lowest BCUT2D eigenvalue weighted by Gasteiger charge is -2.09. The number of aliphatic hydroxyl groups excluding tert-OH is 1. The molecule has 1 N–H and O–H groups in total. The van der Waals surface area contributed by atoms with Gasteiger partial charge in [-0.05, 0) is 29.8 Å². The van der Waals surface area contributed by atoms with Gasteiger partial charge in [-0.25, -0.2) is 14.6 Å². The van der Waals surface area contributed by atoms with Crippen LogP contribution in [0.15, 0.2) is 77.9 Å². The van der Waals surface area contributed by atoms with Crippen LogP contribution in [0.1, 0.15) is 17.5 Å². The lowest BCUT2D eigenvalue weighted by atomic mass is 10.1. The van der Waals surface area contributed by atoms with E-state index in [4.69, 9.17) is 15.1 Å². The Morgan fingerprint density at radius 3 is 2.58 bits per heavy atom. The van der Waals surface area contributed by atoms with Crippen molar-refractivity contribution in [1.82, 2.24) is 19.7 Å². The van der Waals surface area contributed by atoms with Gasteiger partial charge in [0, 0.05) is 30.2 Å². The molecular weight excluding hydrogens is 418 g/mol. The van der Waals surface area contributed by atoms with E-state index in [1.165, 1.54) is 10.7 Å². The van der Waals surface area contributed by atoms with Gasteiger partial charge in [0.05, 0.1) is 42.9 Å². The van der Waals surface area contributed by atoms with Crippen LogP contribution in [0.3, 0.4) is 0 Å². The second kappa shape index (κ2) is 10.3. The van der Waals surface area contributed by atoms with Crippen LogP contribution in [-0.4, -0.2) is 38.1 Å². The van der Waals surface area contributed by atoms with Gasteiger partial charge >= 0.3 is 0 Å². The maximum atomic E-state index is 12.4. The zero-order chi connectivity index (χ0) is 23.0. The summed E-state index contributed by atoms with van der Waals surface area (Å²) in [4.78, 5) is 21.1. The van der Waals surface area contributed by atoms with Crippen LogP contribution in [0.25, 0.3) is 22.6 Å². The molecule has 0 radical (unpaired) electrons. The molecule has 0 spiro atoms. The summed E-state index contributed by atoms with van der Waals surface area (Å²) in [6.45, 7) is 0.746. The monoisotopic (exact) mass is 439 g/mol. The predicted molar refractivity (Wildman–Crippen MR) is 122 cm³/mol. The van der Waals surface area contributed by atoms with E-state index in [1.807, 2.05) is 30.3 Å². The number of rotatable bonds is 8. The first-order chi connectivity index (χ1) is 16.2. The summed E-state index contributed by atoms with van der Waals surface area (Å²) in [5.74, 6) is 1.07. The summed E-state index contributed by atoms with van der Waals surface area (Å²) >= 11 is 0. The van der Waals surface area contributed by atoms with E-state index in [1.54, 1.807) is 36.7 Å². The van der Waals surface area contributed by atoms with E-state index >= 15 is 0 Å². The molecule has 0 unspecified atom stereocenters. The van der Waals surface area contributed by atoms with E-state index in [0.717, 1.165) is 16.7 Å². The molecule has 8 heteroatoms. The molecule has 0 fully saturated rings. The van der Waals surface area contributed by atoms with Gasteiger partial charge in [0.25, 0.3) is 5.56 Å². The number of hydrogen-bond acceptors (Lipinski definition) is 7. The highest BCUT2D eigenvalue weighted by molar-refractivity contribution is 5.60. The zero-order valence-corrected chi connectivity index (χ0v) is 17.8. The third-order valence-corrected chi connectivity index (χ3v) is 4.87. The fraction of sp³-hybridized carbons (Fsp3) is 0.160. The summed E-state index contributed by atoms with van der Waals surface area (Å²) in [6.07, 6.45) is 3.73. The van der Waals surface area contributed by atoms with Crippen molar-refractivity contribution in [3.63, 3.8) is 0 Å². The molecule has 2 aromatic carbocycles. The van der Waals surface area contributed by atoms with Crippen molar-refractivity contribution >= 4 is 0 Å². The molecule has 0 saturated heterocycles. The standard InChI is InChI=1S/C25H21N5O3/c26-14-18-4-1-6-20(12-18)23-8-9-24(32)30(29-23)17-19-5-2-7-21(13-19)25-27-15-22(16-28-25)33-11-3-10-31/h1-2,4-9,12-13,15-16,31H,3,10-11,17H2. The Kier molecular flexibility index (Phi) is 6.83. The van der Waals surface area contributed by atoms with Crippen molar-refractivity contribution in [1.29, 1.82) is 5.26 Å². The minimum absolute atomic E-state index is 0.0683. The average molecular weight is 439 g/mol. The van der Waals surface area contributed by atoms with Crippen LogP contribution < -0.4 is 10.3 Å². The highest BCUT2D eigenvalue weighted by Crippen LogP contribution is 2.20. The number of nitrogens with zero attached hydrogens (tertiary/aromatic N) is 5. The molecule has 0 aliphatic carbocycles. The van der Waals surface area contributed by atoms with Crippen molar-refractivity contribution in [2.75, 3.05) is 13.2 Å². The first-order valence-electron chi connectivity index (χ1n) is 10.4. The van der Waals surface area contributed by atoms with Crippen LogP contribution in [0.5, 0.6) is 5.75 Å². The van der Waals surface area contributed by atoms with E-state index in [2.05, 4.69) is 21.1 Å². The minimum atomic E-state index is -0.221. The normalized spacial score (nSPS) is 10.5. The van der Waals surface area contributed by atoms with Crippen LogP contribution in [0.4, 0.5) is 0 Å². The fourth-order valence-electron chi connectivity index (χ4n) is 3.24. The van der Waals surface area contributed by atoms with Crippen molar-refractivity contribution < 1.29 is 9.84 Å². The predicted octanol–water partition coefficient (Wildman–Crippen LogP) is 3.05. The molecule has 0 atom stereocenters. The highest BCUT2D eigenvalue weighted by atomic mass is 16.5. The Bertz CT molecular complexity index is 1340. The lowest BCUT2D eigenvalue weighted by Crippen LogP contribution is -2.22. The van der Waals surface area contributed by atoms with Gasteiger partial charge < -0.3 is 9.84 Å². The summed E-state index contributed by atoms with van der Waals surface area (Å²) in [6, 6.07) is 20.0. The highest BCUT2D eigenvalue weighted by Gasteiger charge is 2.08. The second-order valence-corrected chi connectivity index (χ2v) is 7.28. The van der Waals surface area contributed by atoms with Crippen LogP contribution in [-0.2, 0) is 6.54 Å². The molecule has 33 heavy (non-hydrogen) atoms. The number of ether oxygens (including phenoxy) is 1. The zero-order valence-electron chi connectivity index (χ0n) is 17.8. The second-order valence-electron chi connectivity index (χ2n) is 7.28. The molecule has 164 valence electrons. The summed E-state index contributed by atoms with van der Waals surface area (Å²) in [7, 11) is 0. The largest absolute Gasteiger partial charge is 0.490 e. The van der Waals surface area contributed by atoms with Crippen LogP contribution >= 0.6 is 0 Å². The Balaban J connectivity index is 1.55. The third kappa shape index (κ3) is 5.47. The fourth-order valence-corrected chi connectivity index (χ4v) is 3.24. The molecule has 2 heterocycles. The van der Waals surface area contributed by atoms with Gasteiger partial charge in [-0.3, -0.25) is 4.79 Å². The van der Waals surface area contributed by atoms with Crippen molar-refractivity contribution in [3.05, 3.63) is 94.5 Å². The smallest absolute Gasteiger partial charge is 0.267 e. The molecule has 0 saturated carbocycles. The number of aliphatic hydroxyl groups is 1. The number of aromatic nitrogens is 4. The molecule has 0 bridgehead atoms. The maximum absolute atomic E-state index is 12.4. The molecule has 8 nitrogen and oxygen atoms in total. The molecule has 4 rings (SSSR count). The topological polar surface area (TPSA) is 114 Å². The summed E-state index contributed by atoms with van der Waals surface area (Å²) < 4.78 is 6.86. The first-order valence-corrected chi connectivity index (χ1v) is 10.4. The van der Waals surface area contributed by atoms with Crippen LogP contribution in [0, 0.1) is 11.3 Å². The van der Waals surface area contributed by atoms with Crippen molar-refractivity contribution in [3.8, 4) is 34.5 Å². The average Bonchev–Trinajstić information content (AvgIpc) is 2.86. The Hall–Kier alpha value is -4.35. The first kappa shape index (κ1) is 21.9. The van der Waals surface area contributed by atoms with E-state index in [-0.39, 0.29) is 18.7 Å². The Morgan fingerprint density at radius 1 is 1.00 bits per heavy atom. The van der Waals surface area contributed by atoms with E-state index < -0.39 is 0 Å². The van der Waals surface area contributed by atoms with Gasteiger partial charge in [0.1, 0.15) is 0 Å². The van der Waals surface area contributed by atoms with E-state index in [0.29, 0.717) is 35.9 Å². The van der Waals surface area contributed by atoms with Gasteiger partial charge in [0.2, 0.25) is 0 Å². The van der Waals surface area contributed by atoms with E-state index in [9.17, 15) is 4.79 Å². The van der Waals surface area contributed by atoms with Gasteiger partial charge in [0.15, 0.2) is 11.6 Å². The van der Waals surface area contributed by atoms with Crippen molar-refractivity contribution in [2.24, 2.45) is 0 Å². The molecule has 0 amide bonds. The van der Waals surface area contributed by atoms with Gasteiger partial charge in [-0.15, -0.1) is 0 Å². The molecule has 0 aliphatic heterocycles. The van der Waals surface area contributed by atoms with Crippen LogP contribution in [0.2, 0.25) is 0 Å². The quantitative estimate of drug-likeness (QED) is 0.420. The number of hydrogen-bond donors (Lipinski definition) is 1. The molecular formula is C25H21N5O3. The lowest BCUT2D eigenvalue weighted by molar-refractivity contribution is 0.233. The number of nitriles is 1.